The number of hydrogen-bond acceptors (Lipinski definition) is 1. The van der Waals surface area contributed by atoms with Gasteiger partial charge in [-0.25, -0.2) is 4.39 Å². The van der Waals surface area contributed by atoms with Crippen molar-refractivity contribution in [3.05, 3.63) is 63.9 Å². The summed E-state index contributed by atoms with van der Waals surface area (Å²) in [6.45, 7) is 0. The van der Waals surface area contributed by atoms with Crippen molar-refractivity contribution in [1.82, 2.24) is 0 Å². The second-order valence-corrected chi connectivity index (χ2v) is 5.06. The van der Waals surface area contributed by atoms with Gasteiger partial charge in [0.25, 0.3) is 0 Å². The summed E-state index contributed by atoms with van der Waals surface area (Å²) >= 11 is 11.8. The highest BCUT2D eigenvalue weighted by Crippen LogP contribution is 2.29. The Morgan fingerprint density at radius 1 is 1.10 bits per heavy atom. The standard InChI is InChI=1S/C15H12Cl2FNO/c16-12-2-1-3-13(15(12)17)19-14(20)9-6-10-4-7-11(18)8-5-10/h1-5,7-8H,6,9H2,(H,19,20). The van der Waals surface area contributed by atoms with E-state index in [1.54, 1.807) is 30.3 Å². The van der Waals surface area contributed by atoms with Crippen molar-refractivity contribution < 1.29 is 9.18 Å². The van der Waals surface area contributed by atoms with Gasteiger partial charge >= 0.3 is 0 Å². The normalized spacial score (nSPS) is 10.3. The lowest BCUT2D eigenvalue weighted by Crippen LogP contribution is -2.12. The van der Waals surface area contributed by atoms with E-state index >= 15 is 0 Å². The molecule has 5 heteroatoms. The summed E-state index contributed by atoms with van der Waals surface area (Å²) < 4.78 is 12.7. The summed E-state index contributed by atoms with van der Waals surface area (Å²) in [5, 5.41) is 3.42. The van der Waals surface area contributed by atoms with Gasteiger partial charge in [0.1, 0.15) is 5.82 Å². The second-order valence-electron chi connectivity index (χ2n) is 4.28. The van der Waals surface area contributed by atoms with Crippen molar-refractivity contribution in [2.24, 2.45) is 0 Å². The van der Waals surface area contributed by atoms with E-state index in [4.69, 9.17) is 23.2 Å². The molecule has 0 atom stereocenters. The zero-order valence-electron chi connectivity index (χ0n) is 10.5. The molecule has 0 aromatic heterocycles. The van der Waals surface area contributed by atoms with Gasteiger partial charge in [-0.3, -0.25) is 4.79 Å². The van der Waals surface area contributed by atoms with Crippen LogP contribution in [0, 0.1) is 5.82 Å². The Morgan fingerprint density at radius 2 is 1.80 bits per heavy atom. The molecule has 1 N–H and O–H groups in total. The number of amides is 1. The average molecular weight is 312 g/mol. The Hall–Kier alpha value is -1.58. The highest BCUT2D eigenvalue weighted by Gasteiger charge is 2.08. The first-order valence-electron chi connectivity index (χ1n) is 6.04. The van der Waals surface area contributed by atoms with Crippen LogP contribution in [-0.2, 0) is 11.2 Å². The Labute approximate surface area is 126 Å². The molecule has 0 radical (unpaired) electrons. The van der Waals surface area contributed by atoms with Crippen LogP contribution >= 0.6 is 23.2 Å². The summed E-state index contributed by atoms with van der Waals surface area (Å²) in [6.07, 6.45) is 0.818. The third kappa shape index (κ3) is 3.95. The number of nitrogens with one attached hydrogen (secondary N) is 1. The van der Waals surface area contributed by atoms with Crippen LogP contribution in [0.25, 0.3) is 0 Å². The van der Waals surface area contributed by atoms with Crippen molar-refractivity contribution in [1.29, 1.82) is 0 Å². The monoisotopic (exact) mass is 311 g/mol. The van der Waals surface area contributed by atoms with E-state index in [1.165, 1.54) is 12.1 Å². The third-order valence-electron chi connectivity index (χ3n) is 2.78. The van der Waals surface area contributed by atoms with E-state index in [9.17, 15) is 9.18 Å². The van der Waals surface area contributed by atoms with Gasteiger partial charge in [0, 0.05) is 6.42 Å². The molecule has 2 aromatic carbocycles. The Bertz CT molecular complexity index is 614. The van der Waals surface area contributed by atoms with Gasteiger partial charge in [-0.15, -0.1) is 0 Å². The van der Waals surface area contributed by atoms with Crippen LogP contribution in [0.3, 0.4) is 0 Å². The first-order valence-corrected chi connectivity index (χ1v) is 6.80. The van der Waals surface area contributed by atoms with Crippen molar-refractivity contribution in [3.63, 3.8) is 0 Å². The largest absolute Gasteiger partial charge is 0.325 e. The number of anilines is 1. The first-order chi connectivity index (χ1) is 9.56. The Morgan fingerprint density at radius 3 is 2.50 bits per heavy atom. The predicted octanol–water partition coefficient (Wildman–Crippen LogP) is 4.70. The number of carbonyl (C=O) groups is 1. The van der Waals surface area contributed by atoms with Crippen LogP contribution in [0.15, 0.2) is 42.5 Å². The maximum absolute atomic E-state index is 12.7. The van der Waals surface area contributed by atoms with Gasteiger partial charge in [-0.05, 0) is 36.2 Å². The van der Waals surface area contributed by atoms with Gasteiger partial charge in [-0.1, -0.05) is 41.4 Å². The molecule has 0 aliphatic heterocycles. The fraction of sp³-hybridized carbons (Fsp3) is 0.133. The lowest BCUT2D eigenvalue weighted by molar-refractivity contribution is -0.116. The fourth-order valence-corrected chi connectivity index (χ4v) is 2.07. The minimum atomic E-state index is -0.288. The van der Waals surface area contributed by atoms with E-state index in [0.717, 1.165) is 5.56 Å². The molecule has 0 aliphatic rings. The van der Waals surface area contributed by atoms with Crippen LogP contribution in [0.1, 0.15) is 12.0 Å². The summed E-state index contributed by atoms with van der Waals surface area (Å²) in [6, 6.07) is 11.1. The molecule has 0 aliphatic carbocycles. The van der Waals surface area contributed by atoms with Crippen LogP contribution in [0.5, 0.6) is 0 Å². The zero-order valence-corrected chi connectivity index (χ0v) is 12.0. The van der Waals surface area contributed by atoms with E-state index in [0.29, 0.717) is 22.2 Å². The van der Waals surface area contributed by atoms with Crippen LogP contribution in [0.4, 0.5) is 10.1 Å². The van der Waals surface area contributed by atoms with E-state index in [2.05, 4.69) is 5.32 Å². The second kappa shape index (κ2) is 6.73. The SMILES string of the molecule is O=C(CCc1ccc(F)cc1)Nc1cccc(Cl)c1Cl. The van der Waals surface area contributed by atoms with Crippen LogP contribution in [0.2, 0.25) is 10.0 Å². The highest BCUT2D eigenvalue weighted by molar-refractivity contribution is 6.43. The van der Waals surface area contributed by atoms with E-state index in [1.807, 2.05) is 0 Å². The molecule has 2 rings (SSSR count). The van der Waals surface area contributed by atoms with Gasteiger partial charge in [0.15, 0.2) is 0 Å². The van der Waals surface area contributed by atoms with E-state index < -0.39 is 0 Å². The topological polar surface area (TPSA) is 29.1 Å². The number of rotatable bonds is 4. The van der Waals surface area contributed by atoms with Crippen LogP contribution < -0.4 is 5.32 Å². The van der Waals surface area contributed by atoms with Crippen molar-refractivity contribution in [2.75, 3.05) is 5.32 Å². The number of aryl methyl sites for hydroxylation is 1. The molecule has 1 amide bonds. The quantitative estimate of drug-likeness (QED) is 0.871. The minimum Gasteiger partial charge on any atom is -0.325 e. The maximum atomic E-state index is 12.7. The van der Waals surface area contributed by atoms with Gasteiger partial charge in [0.2, 0.25) is 5.91 Å². The van der Waals surface area contributed by atoms with Gasteiger partial charge < -0.3 is 5.32 Å². The number of carbonyl (C=O) groups excluding carboxylic acids is 1. The molecule has 0 saturated heterocycles. The minimum absolute atomic E-state index is 0.168. The molecule has 2 aromatic rings. The number of halogens is 3. The molecule has 0 bridgehead atoms. The maximum Gasteiger partial charge on any atom is 0.224 e. The molecule has 0 heterocycles. The smallest absolute Gasteiger partial charge is 0.224 e. The molecule has 20 heavy (non-hydrogen) atoms. The third-order valence-corrected chi connectivity index (χ3v) is 3.60. The molecule has 0 fully saturated rings. The molecule has 0 unspecified atom stereocenters. The highest BCUT2D eigenvalue weighted by atomic mass is 35.5. The summed E-state index contributed by atoms with van der Waals surface area (Å²) in [5.41, 5.74) is 1.39. The lowest BCUT2D eigenvalue weighted by Gasteiger charge is -2.08. The molecule has 2 nitrogen and oxygen atoms in total. The summed E-state index contributed by atoms with van der Waals surface area (Å²) in [5.74, 6) is -0.456. The van der Waals surface area contributed by atoms with Crippen molar-refractivity contribution in [2.45, 2.75) is 12.8 Å². The molecule has 0 spiro atoms. The molecule has 0 saturated carbocycles. The lowest BCUT2D eigenvalue weighted by atomic mass is 10.1. The van der Waals surface area contributed by atoms with Gasteiger partial charge in [-0.2, -0.15) is 0 Å². The summed E-state index contributed by atoms with van der Waals surface area (Å²) in [4.78, 5) is 11.8. The first kappa shape index (κ1) is 14.8. The van der Waals surface area contributed by atoms with Crippen molar-refractivity contribution in [3.8, 4) is 0 Å². The van der Waals surface area contributed by atoms with E-state index in [-0.39, 0.29) is 18.1 Å². The van der Waals surface area contributed by atoms with Crippen molar-refractivity contribution >= 4 is 34.8 Å². The molecule has 104 valence electrons. The number of hydrogen-bond donors (Lipinski definition) is 1. The van der Waals surface area contributed by atoms with Gasteiger partial charge in [0.05, 0.1) is 15.7 Å². The fourth-order valence-electron chi connectivity index (χ4n) is 1.72. The van der Waals surface area contributed by atoms with Crippen LogP contribution in [-0.4, -0.2) is 5.91 Å². The molecular weight excluding hydrogens is 300 g/mol. The predicted molar refractivity (Wildman–Crippen MR) is 79.8 cm³/mol. The number of benzene rings is 2. The summed E-state index contributed by atoms with van der Waals surface area (Å²) in [7, 11) is 0. The Balaban J connectivity index is 1.92. The Kier molecular flexibility index (Phi) is 4.99. The average Bonchev–Trinajstić information content (AvgIpc) is 2.43. The zero-order chi connectivity index (χ0) is 14.5. The molecular formula is C15H12Cl2FNO.